The first kappa shape index (κ1) is 14.3. The van der Waals surface area contributed by atoms with Crippen LogP contribution in [0.3, 0.4) is 0 Å². The van der Waals surface area contributed by atoms with Crippen molar-refractivity contribution in [2.45, 2.75) is 28.7 Å². The number of ether oxygens (including phenoxy) is 1. The van der Waals surface area contributed by atoms with E-state index in [9.17, 15) is 8.42 Å². The van der Waals surface area contributed by atoms with Gasteiger partial charge in [0.05, 0.1) is 18.2 Å². The molecule has 0 saturated carbocycles. The first-order valence-electron chi connectivity index (χ1n) is 7.11. The number of thiophene rings is 1. The molecule has 0 unspecified atom stereocenters. The van der Waals surface area contributed by atoms with E-state index in [2.05, 4.69) is 10.2 Å². The topological polar surface area (TPSA) is 77.3 Å². The summed E-state index contributed by atoms with van der Waals surface area (Å²) >= 11 is 1.26. The molecule has 118 valence electrons. The van der Waals surface area contributed by atoms with E-state index in [1.807, 2.05) is 4.57 Å². The monoisotopic (exact) mass is 340 g/mol. The van der Waals surface area contributed by atoms with Gasteiger partial charge in [0, 0.05) is 19.5 Å². The lowest BCUT2D eigenvalue weighted by Gasteiger charge is -2.23. The molecule has 4 heterocycles. The van der Waals surface area contributed by atoms with Crippen molar-refractivity contribution < 1.29 is 13.2 Å². The van der Waals surface area contributed by atoms with Gasteiger partial charge in [-0.1, -0.05) is 6.07 Å². The van der Waals surface area contributed by atoms with Crippen LogP contribution in [0.4, 0.5) is 0 Å². The zero-order valence-electron chi connectivity index (χ0n) is 11.8. The Hall–Kier alpha value is -1.29. The van der Waals surface area contributed by atoms with E-state index in [0.29, 0.717) is 23.9 Å². The first-order chi connectivity index (χ1) is 10.6. The summed E-state index contributed by atoms with van der Waals surface area (Å²) in [7, 11) is -3.39. The lowest BCUT2D eigenvalue weighted by Crippen LogP contribution is -2.35. The van der Waals surface area contributed by atoms with Crippen LogP contribution in [-0.2, 0) is 14.8 Å². The molecule has 2 fully saturated rings. The highest BCUT2D eigenvalue weighted by atomic mass is 32.2. The molecular formula is C13H16N4O3S2. The fourth-order valence-electron chi connectivity index (χ4n) is 3.24. The molecule has 2 saturated heterocycles. The molecule has 2 atom stereocenters. The fourth-order valence-corrected chi connectivity index (χ4v) is 5.90. The highest BCUT2D eigenvalue weighted by Crippen LogP contribution is 2.41. The molecule has 7 nitrogen and oxygen atoms in total. The molecule has 1 spiro atoms. The Morgan fingerprint density at radius 1 is 1.36 bits per heavy atom. The van der Waals surface area contributed by atoms with E-state index >= 15 is 0 Å². The Balaban J connectivity index is 1.51. The first-order valence-corrected chi connectivity index (χ1v) is 9.43. The molecule has 9 heteroatoms. The van der Waals surface area contributed by atoms with Crippen molar-refractivity contribution in [1.29, 1.82) is 0 Å². The van der Waals surface area contributed by atoms with Crippen LogP contribution < -0.4 is 0 Å². The Bertz CT molecular complexity index is 744. The van der Waals surface area contributed by atoms with Crippen molar-refractivity contribution in [2.24, 2.45) is 0 Å². The average molecular weight is 340 g/mol. The van der Waals surface area contributed by atoms with Gasteiger partial charge in [-0.05, 0) is 17.9 Å². The van der Waals surface area contributed by atoms with Gasteiger partial charge in [0.25, 0.3) is 10.0 Å². The predicted octanol–water partition coefficient (Wildman–Crippen LogP) is 1.13. The number of nitrogens with zero attached hydrogens (tertiary/aromatic N) is 4. The Morgan fingerprint density at radius 3 is 2.91 bits per heavy atom. The van der Waals surface area contributed by atoms with E-state index in [4.69, 9.17) is 4.74 Å². The number of aromatic nitrogens is 3. The van der Waals surface area contributed by atoms with Gasteiger partial charge < -0.3 is 9.30 Å². The maximum absolute atomic E-state index is 12.6. The number of sulfonamides is 1. The summed E-state index contributed by atoms with van der Waals surface area (Å²) < 4.78 is 35.1. The highest BCUT2D eigenvalue weighted by Gasteiger charge is 2.49. The van der Waals surface area contributed by atoms with E-state index in [1.54, 1.807) is 34.5 Å². The van der Waals surface area contributed by atoms with Gasteiger partial charge in [-0.3, -0.25) is 0 Å². The van der Waals surface area contributed by atoms with Crippen molar-refractivity contribution in [2.75, 3.05) is 19.7 Å². The largest absolute Gasteiger partial charge is 0.371 e. The molecule has 0 bridgehead atoms. The summed E-state index contributed by atoms with van der Waals surface area (Å²) in [6.07, 6.45) is 4.89. The van der Waals surface area contributed by atoms with Crippen LogP contribution in [0.2, 0.25) is 0 Å². The lowest BCUT2D eigenvalue weighted by molar-refractivity contribution is 0.0165. The molecule has 22 heavy (non-hydrogen) atoms. The lowest BCUT2D eigenvalue weighted by atomic mass is 9.97. The Labute approximate surface area is 132 Å². The summed E-state index contributed by atoms with van der Waals surface area (Å²) in [5.41, 5.74) is -0.376. The van der Waals surface area contributed by atoms with E-state index in [1.165, 1.54) is 11.3 Å². The summed E-state index contributed by atoms with van der Waals surface area (Å²) in [4.78, 5) is 0. The number of hydrogen-bond donors (Lipinski definition) is 0. The molecule has 0 N–H and O–H groups in total. The van der Waals surface area contributed by atoms with Crippen molar-refractivity contribution >= 4 is 21.4 Å². The smallest absolute Gasteiger partial charge is 0.252 e. The molecule has 0 amide bonds. The molecule has 2 aromatic heterocycles. The SMILES string of the molecule is O=S(=O)(c1cccs1)N1CC[C@@]2(C[C@@H](n3cnnc3)CO2)C1. The van der Waals surface area contributed by atoms with Crippen molar-refractivity contribution in [1.82, 2.24) is 19.1 Å². The van der Waals surface area contributed by atoms with Crippen LogP contribution >= 0.6 is 11.3 Å². The van der Waals surface area contributed by atoms with Crippen LogP contribution in [0.1, 0.15) is 18.9 Å². The van der Waals surface area contributed by atoms with E-state index in [-0.39, 0.29) is 11.6 Å². The van der Waals surface area contributed by atoms with Crippen LogP contribution in [-0.4, -0.2) is 52.8 Å². The second-order valence-electron chi connectivity index (χ2n) is 5.78. The van der Waals surface area contributed by atoms with Crippen LogP contribution in [0, 0.1) is 0 Å². The number of rotatable bonds is 3. The molecule has 0 aromatic carbocycles. The summed E-state index contributed by atoms with van der Waals surface area (Å²) in [5, 5.41) is 9.43. The predicted molar refractivity (Wildman–Crippen MR) is 80.1 cm³/mol. The van der Waals surface area contributed by atoms with Gasteiger partial charge in [0.15, 0.2) is 0 Å². The molecule has 0 radical (unpaired) electrons. The molecule has 2 aliphatic heterocycles. The van der Waals surface area contributed by atoms with Crippen molar-refractivity contribution in [3.05, 3.63) is 30.2 Å². The van der Waals surface area contributed by atoms with Gasteiger partial charge in [0.2, 0.25) is 0 Å². The Kier molecular flexibility index (Phi) is 3.33. The van der Waals surface area contributed by atoms with Gasteiger partial charge in [-0.2, -0.15) is 4.31 Å². The zero-order valence-corrected chi connectivity index (χ0v) is 13.5. The highest BCUT2D eigenvalue weighted by molar-refractivity contribution is 7.91. The molecule has 4 rings (SSSR count). The maximum Gasteiger partial charge on any atom is 0.252 e. The van der Waals surface area contributed by atoms with Gasteiger partial charge in [-0.15, -0.1) is 21.5 Å². The molecule has 2 aromatic rings. The number of hydrogen-bond acceptors (Lipinski definition) is 6. The molecule has 0 aliphatic carbocycles. The minimum absolute atomic E-state index is 0.180. The van der Waals surface area contributed by atoms with Crippen LogP contribution in [0.5, 0.6) is 0 Å². The quantitative estimate of drug-likeness (QED) is 0.837. The second kappa shape index (κ2) is 5.12. The fraction of sp³-hybridized carbons (Fsp3) is 0.538. The zero-order chi connectivity index (χ0) is 15.2. The molecular weight excluding hydrogens is 324 g/mol. The van der Waals surface area contributed by atoms with Gasteiger partial charge >= 0.3 is 0 Å². The van der Waals surface area contributed by atoms with Crippen molar-refractivity contribution in [3.63, 3.8) is 0 Å². The normalized spacial score (nSPS) is 29.5. The third kappa shape index (κ3) is 2.28. The third-order valence-electron chi connectivity index (χ3n) is 4.42. The van der Waals surface area contributed by atoms with E-state index < -0.39 is 10.0 Å². The van der Waals surface area contributed by atoms with Crippen LogP contribution in [0.25, 0.3) is 0 Å². The van der Waals surface area contributed by atoms with Crippen molar-refractivity contribution in [3.8, 4) is 0 Å². The molecule has 2 aliphatic rings. The average Bonchev–Trinajstić information content (AvgIpc) is 3.30. The van der Waals surface area contributed by atoms with Crippen LogP contribution in [0.15, 0.2) is 34.4 Å². The summed E-state index contributed by atoms with van der Waals surface area (Å²) in [6, 6.07) is 3.59. The van der Waals surface area contributed by atoms with Gasteiger partial charge in [0.1, 0.15) is 16.9 Å². The maximum atomic E-state index is 12.6. The minimum Gasteiger partial charge on any atom is -0.371 e. The standard InChI is InChI=1S/C13H16N4O3S2/c18-22(19,12-2-1-5-21-12)17-4-3-13(8-17)6-11(7-20-13)16-9-14-15-10-16/h1-2,5,9-11H,3-4,6-8H2/t11-,13-/m1/s1. The minimum atomic E-state index is -3.39. The third-order valence-corrected chi connectivity index (χ3v) is 7.64. The van der Waals surface area contributed by atoms with E-state index in [0.717, 1.165) is 12.8 Å². The summed E-state index contributed by atoms with van der Waals surface area (Å²) in [6.45, 7) is 1.51. The second-order valence-corrected chi connectivity index (χ2v) is 8.89. The summed E-state index contributed by atoms with van der Waals surface area (Å²) in [5.74, 6) is 0. The Morgan fingerprint density at radius 2 is 2.18 bits per heavy atom. The van der Waals surface area contributed by atoms with Gasteiger partial charge in [-0.25, -0.2) is 8.42 Å².